The van der Waals surface area contributed by atoms with E-state index in [1.54, 1.807) is 11.8 Å². The Bertz CT molecular complexity index is 1180. The fourth-order valence-electron chi connectivity index (χ4n) is 2.85. The minimum Gasteiger partial charge on any atom is -0.497 e. The van der Waals surface area contributed by atoms with Crippen molar-refractivity contribution < 1.29 is 22.4 Å². The summed E-state index contributed by atoms with van der Waals surface area (Å²) in [6.07, 6.45) is -3.27. The predicted octanol–water partition coefficient (Wildman–Crippen LogP) is 4.46. The van der Waals surface area contributed by atoms with Gasteiger partial charge in [0.1, 0.15) is 5.75 Å². The maximum absolute atomic E-state index is 12.9. The van der Waals surface area contributed by atoms with Crippen molar-refractivity contribution in [3.8, 4) is 22.8 Å². The molecule has 4 rings (SSSR count). The Hall–Kier alpha value is -3.41. The molecule has 0 N–H and O–H groups in total. The molecule has 4 aromatic rings. The first-order valence-electron chi connectivity index (χ1n) is 9.50. The average molecular weight is 462 g/mol. The molecule has 0 bridgehead atoms. The van der Waals surface area contributed by atoms with Crippen LogP contribution in [0.5, 0.6) is 5.75 Å². The van der Waals surface area contributed by atoms with E-state index in [0.717, 1.165) is 23.6 Å². The molecule has 2 aromatic carbocycles. The maximum Gasteiger partial charge on any atom is 0.416 e. The molecule has 0 aliphatic carbocycles. The average Bonchev–Trinajstić information content (AvgIpc) is 3.46. The van der Waals surface area contributed by atoms with E-state index in [1.807, 2.05) is 24.3 Å². The Kier molecular flexibility index (Phi) is 6.40. The van der Waals surface area contributed by atoms with E-state index in [-0.39, 0.29) is 11.4 Å². The molecule has 2 heterocycles. The van der Waals surface area contributed by atoms with Gasteiger partial charge in [-0.25, -0.2) is 0 Å². The molecule has 0 aliphatic heterocycles. The van der Waals surface area contributed by atoms with Crippen LogP contribution in [0, 0.1) is 0 Å². The summed E-state index contributed by atoms with van der Waals surface area (Å²) in [6, 6.07) is 12.2. The summed E-state index contributed by atoms with van der Waals surface area (Å²) >= 11 is 1.47. The van der Waals surface area contributed by atoms with Crippen LogP contribution in [0.4, 0.5) is 13.2 Å². The minimum atomic E-state index is -4.43. The molecule has 32 heavy (non-hydrogen) atoms. The molecule has 0 spiro atoms. The van der Waals surface area contributed by atoms with Crippen LogP contribution in [0.25, 0.3) is 17.1 Å². The molecule has 0 fully saturated rings. The second-order valence-electron chi connectivity index (χ2n) is 6.61. The zero-order valence-corrected chi connectivity index (χ0v) is 17.6. The van der Waals surface area contributed by atoms with E-state index in [4.69, 9.17) is 9.26 Å². The molecule has 0 saturated carbocycles. The number of aromatic nitrogens is 6. The predicted molar refractivity (Wildman–Crippen MR) is 109 cm³/mol. The summed E-state index contributed by atoms with van der Waals surface area (Å²) in [7, 11) is 1.60. The number of hydrogen-bond acceptors (Lipinski definition) is 8. The van der Waals surface area contributed by atoms with Gasteiger partial charge in [0.2, 0.25) is 16.9 Å². The quantitative estimate of drug-likeness (QED) is 0.280. The summed E-state index contributed by atoms with van der Waals surface area (Å²) in [5.74, 6) is 1.90. The molecular formula is C20H17F3N6O2S. The SMILES string of the molecule is COc1ccc(-n2nnnc2SCCCc2nc(-c3cccc(C(F)(F)F)c3)no2)cc1. The standard InChI is InChI=1S/C20H17F3N6O2S/c1-30-16-9-7-15(8-10-16)29-19(25-27-28-29)32-11-3-6-17-24-18(26-31-17)13-4-2-5-14(12-13)20(21,22)23/h2,4-5,7-10,12H,3,6,11H2,1H3. The molecule has 2 aromatic heterocycles. The fourth-order valence-corrected chi connectivity index (χ4v) is 3.68. The van der Waals surface area contributed by atoms with E-state index in [1.165, 1.54) is 23.9 Å². The number of tetrazole rings is 1. The summed E-state index contributed by atoms with van der Waals surface area (Å²) in [6.45, 7) is 0. The van der Waals surface area contributed by atoms with Gasteiger partial charge in [-0.2, -0.15) is 22.8 Å². The number of thioether (sulfide) groups is 1. The normalized spacial score (nSPS) is 11.6. The lowest BCUT2D eigenvalue weighted by Crippen LogP contribution is -2.04. The van der Waals surface area contributed by atoms with Crippen molar-refractivity contribution in [2.75, 3.05) is 12.9 Å². The van der Waals surface area contributed by atoms with Crippen molar-refractivity contribution in [1.29, 1.82) is 0 Å². The van der Waals surface area contributed by atoms with Gasteiger partial charge >= 0.3 is 6.18 Å². The van der Waals surface area contributed by atoms with Gasteiger partial charge in [-0.15, -0.1) is 5.10 Å². The Balaban J connectivity index is 1.33. The van der Waals surface area contributed by atoms with E-state index in [0.29, 0.717) is 29.6 Å². The number of halogens is 3. The number of aryl methyl sites for hydroxylation is 1. The van der Waals surface area contributed by atoms with Gasteiger partial charge in [-0.3, -0.25) is 0 Å². The highest BCUT2D eigenvalue weighted by Crippen LogP contribution is 2.31. The lowest BCUT2D eigenvalue weighted by atomic mass is 10.1. The van der Waals surface area contributed by atoms with Crippen molar-refractivity contribution in [3.63, 3.8) is 0 Å². The van der Waals surface area contributed by atoms with Crippen LogP contribution in [-0.2, 0) is 12.6 Å². The van der Waals surface area contributed by atoms with Crippen LogP contribution in [0.2, 0.25) is 0 Å². The van der Waals surface area contributed by atoms with Crippen LogP contribution in [0.1, 0.15) is 17.9 Å². The Morgan fingerprint density at radius 1 is 1.12 bits per heavy atom. The van der Waals surface area contributed by atoms with Crippen LogP contribution >= 0.6 is 11.8 Å². The second-order valence-corrected chi connectivity index (χ2v) is 7.68. The highest BCUT2D eigenvalue weighted by atomic mass is 32.2. The lowest BCUT2D eigenvalue weighted by molar-refractivity contribution is -0.137. The first kappa shape index (κ1) is 21.8. The highest BCUT2D eigenvalue weighted by Gasteiger charge is 2.30. The topological polar surface area (TPSA) is 91.8 Å². The smallest absolute Gasteiger partial charge is 0.416 e. The number of alkyl halides is 3. The van der Waals surface area contributed by atoms with Crippen molar-refractivity contribution in [1.82, 2.24) is 30.3 Å². The molecule has 0 atom stereocenters. The molecule has 0 amide bonds. The third-order valence-electron chi connectivity index (χ3n) is 4.44. The van der Waals surface area contributed by atoms with Gasteiger partial charge in [0.05, 0.1) is 18.4 Å². The molecule has 166 valence electrons. The maximum atomic E-state index is 12.9. The van der Waals surface area contributed by atoms with Crippen molar-refractivity contribution in [2.24, 2.45) is 0 Å². The monoisotopic (exact) mass is 462 g/mol. The van der Waals surface area contributed by atoms with Crippen LogP contribution in [0.15, 0.2) is 58.2 Å². The van der Waals surface area contributed by atoms with Crippen LogP contribution in [-0.4, -0.2) is 43.2 Å². The fraction of sp³-hybridized carbons (Fsp3) is 0.250. The van der Waals surface area contributed by atoms with Gasteiger partial charge in [0, 0.05) is 17.7 Å². The first-order chi connectivity index (χ1) is 15.4. The molecule has 0 aliphatic rings. The van der Waals surface area contributed by atoms with E-state index in [9.17, 15) is 13.2 Å². The van der Waals surface area contributed by atoms with Gasteiger partial charge < -0.3 is 9.26 Å². The van der Waals surface area contributed by atoms with Crippen LogP contribution in [0.3, 0.4) is 0 Å². The van der Waals surface area contributed by atoms with Gasteiger partial charge in [0.15, 0.2) is 0 Å². The summed E-state index contributed by atoms with van der Waals surface area (Å²) in [5, 5.41) is 16.2. The molecular weight excluding hydrogens is 445 g/mol. The lowest BCUT2D eigenvalue weighted by Gasteiger charge is -2.06. The van der Waals surface area contributed by atoms with E-state index < -0.39 is 11.7 Å². The third kappa shape index (κ3) is 5.07. The Morgan fingerprint density at radius 3 is 2.69 bits per heavy atom. The number of methoxy groups -OCH3 is 1. The number of rotatable bonds is 8. The van der Waals surface area contributed by atoms with E-state index in [2.05, 4.69) is 25.7 Å². The highest BCUT2D eigenvalue weighted by molar-refractivity contribution is 7.99. The zero-order valence-electron chi connectivity index (χ0n) is 16.8. The summed E-state index contributed by atoms with van der Waals surface area (Å²) < 4.78 is 50.6. The summed E-state index contributed by atoms with van der Waals surface area (Å²) in [4.78, 5) is 4.21. The van der Waals surface area contributed by atoms with Crippen LogP contribution < -0.4 is 4.74 Å². The zero-order chi connectivity index (χ0) is 22.6. The van der Waals surface area contributed by atoms with Crippen molar-refractivity contribution in [2.45, 2.75) is 24.2 Å². The molecule has 0 saturated heterocycles. The second kappa shape index (κ2) is 9.39. The molecule has 0 unspecified atom stereocenters. The summed E-state index contributed by atoms with van der Waals surface area (Å²) in [5.41, 5.74) is 0.302. The number of hydrogen-bond donors (Lipinski definition) is 0. The molecule has 0 radical (unpaired) electrons. The number of ether oxygens (including phenoxy) is 1. The number of benzene rings is 2. The Labute approximate surface area is 184 Å². The van der Waals surface area contributed by atoms with E-state index >= 15 is 0 Å². The largest absolute Gasteiger partial charge is 0.497 e. The van der Waals surface area contributed by atoms with Gasteiger partial charge in [-0.1, -0.05) is 29.1 Å². The minimum absolute atomic E-state index is 0.127. The van der Waals surface area contributed by atoms with Crippen molar-refractivity contribution in [3.05, 3.63) is 60.0 Å². The first-order valence-corrected chi connectivity index (χ1v) is 10.5. The molecule has 12 heteroatoms. The van der Waals surface area contributed by atoms with Crippen molar-refractivity contribution >= 4 is 11.8 Å². The molecule has 8 nitrogen and oxygen atoms in total. The third-order valence-corrected chi connectivity index (χ3v) is 5.45. The Morgan fingerprint density at radius 2 is 1.94 bits per heavy atom. The van der Waals surface area contributed by atoms with Gasteiger partial charge in [-0.05, 0) is 53.2 Å². The van der Waals surface area contributed by atoms with Gasteiger partial charge in [0.25, 0.3) is 0 Å². The number of nitrogens with zero attached hydrogens (tertiary/aromatic N) is 6.